The molecule has 30 heavy (non-hydrogen) atoms. The predicted octanol–water partition coefficient (Wildman–Crippen LogP) is 4.09. The molecule has 1 saturated heterocycles. The molecule has 0 aromatic heterocycles. The molecule has 1 aliphatic carbocycles. The van der Waals surface area contributed by atoms with E-state index in [9.17, 15) is 0 Å². The van der Waals surface area contributed by atoms with Crippen molar-refractivity contribution in [1.82, 2.24) is 9.91 Å². The lowest BCUT2D eigenvalue weighted by Gasteiger charge is -2.44. The highest BCUT2D eigenvalue weighted by Crippen LogP contribution is 2.42. The Balaban J connectivity index is 1.60. The fraction of sp³-hybridized carbons (Fsp3) is 0.542. The third-order valence-electron chi connectivity index (χ3n) is 6.38. The van der Waals surface area contributed by atoms with Crippen LogP contribution in [0.25, 0.3) is 0 Å². The van der Waals surface area contributed by atoms with E-state index in [2.05, 4.69) is 53.9 Å². The first-order chi connectivity index (χ1) is 14.6. The van der Waals surface area contributed by atoms with Crippen LogP contribution in [0.4, 0.5) is 5.69 Å². The van der Waals surface area contributed by atoms with Crippen molar-refractivity contribution in [2.75, 3.05) is 38.4 Å². The molecule has 6 heteroatoms. The Bertz CT molecular complexity index is 931. The Morgan fingerprint density at radius 3 is 2.80 bits per heavy atom. The van der Waals surface area contributed by atoms with Crippen LogP contribution in [0.3, 0.4) is 0 Å². The lowest BCUT2D eigenvalue weighted by molar-refractivity contribution is 0.202. The summed E-state index contributed by atoms with van der Waals surface area (Å²) in [4.78, 5) is 7.60. The zero-order valence-electron chi connectivity index (χ0n) is 18.5. The van der Waals surface area contributed by atoms with E-state index in [1.165, 1.54) is 35.5 Å². The minimum Gasteiger partial charge on any atom is -0.497 e. The van der Waals surface area contributed by atoms with Gasteiger partial charge in [-0.05, 0) is 68.9 Å². The van der Waals surface area contributed by atoms with Crippen LogP contribution in [0.15, 0.2) is 46.5 Å². The molecule has 0 radical (unpaired) electrons. The van der Waals surface area contributed by atoms with Gasteiger partial charge < -0.3 is 14.4 Å². The number of aryl methyl sites for hydroxylation is 1. The zero-order chi connectivity index (χ0) is 20.8. The van der Waals surface area contributed by atoms with E-state index in [4.69, 9.17) is 14.5 Å². The van der Waals surface area contributed by atoms with Crippen molar-refractivity contribution in [1.29, 1.82) is 0 Å². The van der Waals surface area contributed by atoms with Gasteiger partial charge in [0, 0.05) is 18.7 Å². The van der Waals surface area contributed by atoms with Gasteiger partial charge in [-0.2, -0.15) is 0 Å². The first kappa shape index (κ1) is 19.5. The SMILES string of the molecule is CCCN(CC1CC1)C1=C2COCC2=NC2=CC(C)N(c3ccc(OC)cc3C)N21. The number of benzene rings is 1. The number of fused-ring (bicyclic) bond motifs is 2. The van der Waals surface area contributed by atoms with Crippen molar-refractivity contribution in [3.05, 3.63) is 47.1 Å². The Morgan fingerprint density at radius 1 is 1.27 bits per heavy atom. The molecule has 1 saturated carbocycles. The number of hydrogen-bond donors (Lipinski definition) is 0. The van der Waals surface area contributed by atoms with Gasteiger partial charge in [-0.1, -0.05) is 6.92 Å². The van der Waals surface area contributed by atoms with E-state index >= 15 is 0 Å². The summed E-state index contributed by atoms with van der Waals surface area (Å²) >= 11 is 0. The van der Waals surface area contributed by atoms with Gasteiger partial charge in [0.05, 0.1) is 37.8 Å². The van der Waals surface area contributed by atoms with E-state index < -0.39 is 0 Å². The van der Waals surface area contributed by atoms with Crippen LogP contribution >= 0.6 is 0 Å². The van der Waals surface area contributed by atoms with E-state index in [1.54, 1.807) is 7.11 Å². The minimum atomic E-state index is 0.219. The highest BCUT2D eigenvalue weighted by molar-refractivity contribution is 6.05. The molecule has 1 aromatic rings. The van der Waals surface area contributed by atoms with Gasteiger partial charge in [-0.3, -0.25) is 5.01 Å². The largest absolute Gasteiger partial charge is 0.497 e. The molecule has 0 N–H and O–H groups in total. The molecule has 1 atom stereocenters. The second-order valence-corrected chi connectivity index (χ2v) is 8.82. The number of methoxy groups -OCH3 is 1. The van der Waals surface area contributed by atoms with Crippen molar-refractivity contribution in [2.24, 2.45) is 10.9 Å². The maximum Gasteiger partial charge on any atom is 0.152 e. The summed E-state index contributed by atoms with van der Waals surface area (Å²) < 4.78 is 11.3. The number of hydrazine groups is 1. The van der Waals surface area contributed by atoms with Crippen molar-refractivity contribution < 1.29 is 9.47 Å². The van der Waals surface area contributed by atoms with Crippen molar-refractivity contribution in [2.45, 2.75) is 46.1 Å². The third kappa shape index (κ3) is 3.27. The molecular formula is C24H32N4O2. The second kappa shape index (κ2) is 7.65. The molecule has 0 spiro atoms. The van der Waals surface area contributed by atoms with Crippen LogP contribution < -0.4 is 9.75 Å². The number of hydrogen-bond acceptors (Lipinski definition) is 6. The molecule has 4 aliphatic rings. The van der Waals surface area contributed by atoms with E-state index in [0.717, 1.165) is 42.7 Å². The van der Waals surface area contributed by atoms with Crippen LogP contribution in [-0.2, 0) is 4.74 Å². The van der Waals surface area contributed by atoms with Crippen LogP contribution in [-0.4, -0.2) is 55.1 Å². The Morgan fingerprint density at radius 2 is 2.10 bits per heavy atom. The van der Waals surface area contributed by atoms with Gasteiger partial charge in [-0.15, -0.1) is 0 Å². The zero-order valence-corrected chi connectivity index (χ0v) is 18.5. The molecule has 5 rings (SSSR count). The quantitative estimate of drug-likeness (QED) is 0.680. The van der Waals surface area contributed by atoms with Gasteiger partial charge in [0.1, 0.15) is 11.6 Å². The summed E-state index contributed by atoms with van der Waals surface area (Å²) in [5.41, 5.74) is 4.74. The average molecular weight is 409 g/mol. The van der Waals surface area contributed by atoms with E-state index in [1.807, 2.05) is 6.07 Å². The minimum absolute atomic E-state index is 0.219. The smallest absolute Gasteiger partial charge is 0.152 e. The second-order valence-electron chi connectivity index (χ2n) is 8.82. The van der Waals surface area contributed by atoms with E-state index in [0.29, 0.717) is 13.2 Å². The molecule has 3 aliphatic heterocycles. The van der Waals surface area contributed by atoms with Gasteiger partial charge >= 0.3 is 0 Å². The van der Waals surface area contributed by atoms with Crippen LogP contribution in [0.1, 0.15) is 38.7 Å². The number of aliphatic imine (C=N–C) groups is 1. The van der Waals surface area contributed by atoms with Crippen LogP contribution in [0, 0.1) is 12.8 Å². The molecule has 1 aromatic carbocycles. The number of ether oxygens (including phenoxy) is 2. The standard InChI is InChI=1S/C24H32N4O2/c1-5-10-26(13-18-6-7-18)24-20-14-30-15-21(20)25-23-12-17(3)27(28(23)24)22-9-8-19(29-4)11-16(22)2/h8-9,11-12,17-18H,5-7,10,13-15H2,1-4H3. The summed E-state index contributed by atoms with van der Waals surface area (Å²) in [5.74, 6) is 4.00. The summed E-state index contributed by atoms with van der Waals surface area (Å²) in [6, 6.07) is 6.54. The predicted molar refractivity (Wildman–Crippen MR) is 119 cm³/mol. The van der Waals surface area contributed by atoms with Crippen molar-refractivity contribution in [3.63, 3.8) is 0 Å². The average Bonchev–Trinajstić information content (AvgIpc) is 3.32. The Hall–Kier alpha value is -2.47. The summed E-state index contributed by atoms with van der Waals surface area (Å²) in [6.45, 7) is 10.1. The van der Waals surface area contributed by atoms with Gasteiger partial charge in [0.15, 0.2) is 5.82 Å². The summed E-state index contributed by atoms with van der Waals surface area (Å²) in [6.07, 6.45) is 6.09. The molecule has 3 heterocycles. The highest BCUT2D eigenvalue weighted by Gasteiger charge is 2.42. The summed E-state index contributed by atoms with van der Waals surface area (Å²) in [5, 5.41) is 4.74. The normalized spacial score (nSPS) is 22.7. The first-order valence-corrected chi connectivity index (χ1v) is 11.2. The monoisotopic (exact) mass is 408 g/mol. The van der Waals surface area contributed by atoms with Crippen molar-refractivity contribution >= 4 is 11.4 Å². The Kier molecular flexibility index (Phi) is 4.97. The first-order valence-electron chi connectivity index (χ1n) is 11.2. The third-order valence-corrected chi connectivity index (χ3v) is 6.38. The van der Waals surface area contributed by atoms with Gasteiger partial charge in [0.25, 0.3) is 0 Å². The highest BCUT2D eigenvalue weighted by atomic mass is 16.5. The number of rotatable bonds is 7. The molecule has 160 valence electrons. The lowest BCUT2D eigenvalue weighted by atomic mass is 10.1. The maximum atomic E-state index is 5.85. The van der Waals surface area contributed by atoms with Crippen LogP contribution in [0.2, 0.25) is 0 Å². The number of anilines is 1. The van der Waals surface area contributed by atoms with E-state index in [-0.39, 0.29) is 6.04 Å². The molecule has 0 bridgehead atoms. The lowest BCUT2D eigenvalue weighted by Crippen LogP contribution is -2.49. The molecule has 6 nitrogen and oxygen atoms in total. The molecule has 2 fully saturated rings. The molecular weight excluding hydrogens is 376 g/mol. The topological polar surface area (TPSA) is 40.5 Å². The Labute approximate surface area is 179 Å². The van der Waals surface area contributed by atoms with Gasteiger partial charge in [0.2, 0.25) is 0 Å². The van der Waals surface area contributed by atoms with Crippen molar-refractivity contribution in [3.8, 4) is 5.75 Å². The maximum absolute atomic E-state index is 5.85. The number of nitrogens with zero attached hydrogens (tertiary/aromatic N) is 4. The molecule has 0 amide bonds. The summed E-state index contributed by atoms with van der Waals surface area (Å²) in [7, 11) is 1.72. The van der Waals surface area contributed by atoms with Gasteiger partial charge in [-0.25, -0.2) is 10.0 Å². The molecule has 1 unspecified atom stereocenters. The van der Waals surface area contributed by atoms with Crippen LogP contribution in [0.5, 0.6) is 5.75 Å². The fourth-order valence-corrected chi connectivity index (χ4v) is 4.75. The fourth-order valence-electron chi connectivity index (χ4n) is 4.75.